The number of amides is 1. The molecular weight excluding hydrogens is 265 g/mol. The second kappa shape index (κ2) is 5.20. The number of benzene rings is 1. The molecule has 1 atom stereocenters. The Morgan fingerprint density at radius 2 is 1.95 bits per heavy atom. The molecule has 0 aromatic heterocycles. The molecular formula is C14H16FNO4. The molecule has 2 rings (SSSR count). The maximum atomic E-state index is 13.5. The van der Waals surface area contributed by atoms with Crippen molar-refractivity contribution in [3.05, 3.63) is 34.6 Å². The van der Waals surface area contributed by atoms with Crippen LogP contribution in [0.2, 0.25) is 0 Å². The average molecular weight is 281 g/mol. The molecule has 0 aliphatic carbocycles. The van der Waals surface area contributed by atoms with Crippen molar-refractivity contribution in [2.24, 2.45) is 0 Å². The number of carboxylic acid groups (broad SMARTS) is 1. The molecule has 1 aliphatic rings. The van der Waals surface area contributed by atoms with E-state index in [2.05, 4.69) is 5.32 Å². The number of carbonyl (C=O) groups is 2. The Labute approximate surface area is 115 Å². The monoisotopic (exact) mass is 281 g/mol. The number of hydrogen-bond acceptors (Lipinski definition) is 3. The van der Waals surface area contributed by atoms with E-state index in [0.717, 1.165) is 0 Å². The molecule has 6 heteroatoms. The molecule has 1 aromatic carbocycles. The fraction of sp³-hybridized carbons (Fsp3) is 0.429. The first-order chi connectivity index (χ1) is 9.35. The average Bonchev–Trinajstić information content (AvgIpc) is 2.85. The van der Waals surface area contributed by atoms with Crippen LogP contribution in [0.15, 0.2) is 12.1 Å². The van der Waals surface area contributed by atoms with Crippen molar-refractivity contribution in [2.75, 3.05) is 13.2 Å². The summed E-state index contributed by atoms with van der Waals surface area (Å²) in [6.07, 6.45) is 0.216. The summed E-state index contributed by atoms with van der Waals surface area (Å²) >= 11 is 0. The van der Waals surface area contributed by atoms with Crippen LogP contribution in [0.4, 0.5) is 4.39 Å². The van der Waals surface area contributed by atoms with Crippen LogP contribution in [0.25, 0.3) is 0 Å². The van der Waals surface area contributed by atoms with E-state index in [-0.39, 0.29) is 31.0 Å². The molecule has 1 aromatic rings. The quantitative estimate of drug-likeness (QED) is 0.878. The van der Waals surface area contributed by atoms with E-state index in [1.165, 1.54) is 12.1 Å². The lowest BCUT2D eigenvalue weighted by molar-refractivity contribution is -0.144. The Bertz CT molecular complexity index is 541. The van der Waals surface area contributed by atoms with Crippen LogP contribution in [-0.2, 0) is 9.53 Å². The zero-order valence-electron chi connectivity index (χ0n) is 11.3. The van der Waals surface area contributed by atoms with E-state index in [0.29, 0.717) is 11.1 Å². The third kappa shape index (κ3) is 2.51. The van der Waals surface area contributed by atoms with E-state index in [1.807, 2.05) is 0 Å². The first-order valence-electron chi connectivity index (χ1n) is 6.26. The van der Waals surface area contributed by atoms with Gasteiger partial charge in [0.1, 0.15) is 5.82 Å². The number of aliphatic carboxylic acids is 1. The zero-order chi connectivity index (χ0) is 14.9. The highest BCUT2D eigenvalue weighted by molar-refractivity contribution is 5.98. The normalized spacial score (nSPS) is 21.8. The molecule has 1 saturated heterocycles. The van der Waals surface area contributed by atoms with Gasteiger partial charge in [-0.1, -0.05) is 0 Å². The van der Waals surface area contributed by atoms with Crippen molar-refractivity contribution in [1.29, 1.82) is 0 Å². The van der Waals surface area contributed by atoms with Gasteiger partial charge < -0.3 is 15.2 Å². The third-order valence-corrected chi connectivity index (χ3v) is 3.48. The van der Waals surface area contributed by atoms with Crippen molar-refractivity contribution in [3.8, 4) is 0 Å². The van der Waals surface area contributed by atoms with Gasteiger partial charge >= 0.3 is 5.97 Å². The minimum Gasteiger partial charge on any atom is -0.479 e. The van der Waals surface area contributed by atoms with Gasteiger partial charge in [0.15, 0.2) is 5.54 Å². The highest BCUT2D eigenvalue weighted by Crippen LogP contribution is 2.21. The summed E-state index contributed by atoms with van der Waals surface area (Å²) in [4.78, 5) is 23.5. The molecule has 0 spiro atoms. The fourth-order valence-electron chi connectivity index (χ4n) is 2.25. The van der Waals surface area contributed by atoms with E-state index in [1.54, 1.807) is 13.8 Å². The van der Waals surface area contributed by atoms with Crippen LogP contribution in [-0.4, -0.2) is 35.7 Å². The van der Waals surface area contributed by atoms with Crippen LogP contribution in [0.3, 0.4) is 0 Å². The lowest BCUT2D eigenvalue weighted by atomic mass is 9.97. The van der Waals surface area contributed by atoms with Crippen LogP contribution >= 0.6 is 0 Å². The lowest BCUT2D eigenvalue weighted by Crippen LogP contribution is -2.55. The molecule has 1 fully saturated rings. The first kappa shape index (κ1) is 14.5. The summed E-state index contributed by atoms with van der Waals surface area (Å²) in [5, 5.41) is 11.8. The van der Waals surface area contributed by atoms with Crippen molar-refractivity contribution < 1.29 is 23.8 Å². The summed E-state index contributed by atoms with van der Waals surface area (Å²) in [7, 11) is 0. The number of halogens is 1. The predicted octanol–water partition coefficient (Wildman–Crippen LogP) is 1.42. The van der Waals surface area contributed by atoms with Gasteiger partial charge in [-0.2, -0.15) is 0 Å². The summed E-state index contributed by atoms with van der Waals surface area (Å²) in [5.41, 5.74) is -0.453. The highest BCUT2D eigenvalue weighted by atomic mass is 19.1. The van der Waals surface area contributed by atoms with Gasteiger partial charge in [0.05, 0.1) is 6.61 Å². The Hall–Kier alpha value is -1.95. The van der Waals surface area contributed by atoms with E-state index >= 15 is 0 Å². The number of nitrogens with one attached hydrogen (secondary N) is 1. The van der Waals surface area contributed by atoms with Crippen LogP contribution < -0.4 is 5.32 Å². The van der Waals surface area contributed by atoms with Gasteiger partial charge in [0, 0.05) is 18.6 Å². The Morgan fingerprint density at radius 1 is 1.35 bits per heavy atom. The number of rotatable bonds is 3. The molecule has 1 aliphatic heterocycles. The molecule has 0 saturated carbocycles. The van der Waals surface area contributed by atoms with Crippen molar-refractivity contribution >= 4 is 11.9 Å². The topological polar surface area (TPSA) is 75.6 Å². The summed E-state index contributed by atoms with van der Waals surface area (Å²) < 4.78 is 18.6. The van der Waals surface area contributed by atoms with Crippen molar-refractivity contribution in [2.45, 2.75) is 25.8 Å². The Morgan fingerprint density at radius 3 is 2.40 bits per heavy atom. The second-order valence-electron chi connectivity index (χ2n) is 5.07. The van der Waals surface area contributed by atoms with Crippen molar-refractivity contribution in [3.63, 3.8) is 0 Å². The molecule has 0 radical (unpaired) electrons. The summed E-state index contributed by atoms with van der Waals surface area (Å²) in [5.74, 6) is -2.03. The summed E-state index contributed by atoms with van der Waals surface area (Å²) in [6.45, 7) is 3.34. The standard InChI is InChI=1S/C14H16FNO4/c1-8-5-10(6-9(2)11(8)15)12(17)16-14(13(18)19)3-4-20-7-14/h5-6H,3-4,7H2,1-2H3,(H,16,17)(H,18,19). The second-order valence-corrected chi connectivity index (χ2v) is 5.07. The van der Waals surface area contributed by atoms with Gasteiger partial charge in [-0.3, -0.25) is 4.79 Å². The minimum atomic E-state index is -1.40. The van der Waals surface area contributed by atoms with Gasteiger partial charge in [-0.05, 0) is 37.1 Å². The van der Waals surface area contributed by atoms with Crippen molar-refractivity contribution in [1.82, 2.24) is 5.32 Å². The number of carboxylic acids is 1. The third-order valence-electron chi connectivity index (χ3n) is 3.48. The number of carbonyl (C=O) groups excluding carboxylic acids is 1. The summed E-state index contributed by atoms with van der Waals surface area (Å²) in [6, 6.07) is 2.81. The molecule has 1 unspecified atom stereocenters. The van der Waals surface area contributed by atoms with Crippen LogP contribution in [0.5, 0.6) is 0 Å². The minimum absolute atomic E-state index is 0.0623. The largest absolute Gasteiger partial charge is 0.479 e. The smallest absolute Gasteiger partial charge is 0.331 e. The van der Waals surface area contributed by atoms with E-state index in [9.17, 15) is 19.1 Å². The molecule has 5 nitrogen and oxygen atoms in total. The zero-order valence-corrected chi connectivity index (χ0v) is 11.3. The molecule has 108 valence electrons. The Kier molecular flexibility index (Phi) is 3.76. The van der Waals surface area contributed by atoms with Gasteiger partial charge in [-0.25, -0.2) is 9.18 Å². The van der Waals surface area contributed by atoms with Crippen LogP contribution in [0.1, 0.15) is 27.9 Å². The molecule has 20 heavy (non-hydrogen) atoms. The van der Waals surface area contributed by atoms with Gasteiger partial charge in [0.25, 0.3) is 5.91 Å². The predicted molar refractivity (Wildman–Crippen MR) is 69.1 cm³/mol. The highest BCUT2D eigenvalue weighted by Gasteiger charge is 2.44. The lowest BCUT2D eigenvalue weighted by Gasteiger charge is -2.23. The fourth-order valence-corrected chi connectivity index (χ4v) is 2.25. The number of hydrogen-bond donors (Lipinski definition) is 2. The number of aryl methyl sites for hydroxylation is 2. The van der Waals surface area contributed by atoms with Crippen LogP contribution in [0, 0.1) is 19.7 Å². The SMILES string of the molecule is Cc1cc(C(=O)NC2(C(=O)O)CCOC2)cc(C)c1F. The molecule has 1 heterocycles. The van der Waals surface area contributed by atoms with Gasteiger partial charge in [0.2, 0.25) is 0 Å². The maximum absolute atomic E-state index is 13.5. The Balaban J connectivity index is 2.26. The molecule has 0 bridgehead atoms. The van der Waals surface area contributed by atoms with E-state index in [4.69, 9.17) is 4.74 Å². The maximum Gasteiger partial charge on any atom is 0.331 e. The first-order valence-corrected chi connectivity index (χ1v) is 6.26. The van der Waals surface area contributed by atoms with Gasteiger partial charge in [-0.15, -0.1) is 0 Å². The molecule has 2 N–H and O–H groups in total. The van der Waals surface area contributed by atoms with E-state index < -0.39 is 17.4 Å². The number of ether oxygens (including phenoxy) is 1. The molecule has 1 amide bonds.